The number of nitrogens with two attached hydrogens (primary N) is 1. The molecule has 0 saturated heterocycles. The predicted molar refractivity (Wildman–Crippen MR) is 73.2 cm³/mol. The van der Waals surface area contributed by atoms with Crippen molar-refractivity contribution in [3.05, 3.63) is 58.9 Å². The zero-order valence-electron chi connectivity index (χ0n) is 9.81. The Labute approximate surface area is 115 Å². The Morgan fingerprint density at radius 2 is 1.84 bits per heavy atom. The minimum atomic E-state index is -3.61. The molecule has 0 aliphatic heterocycles. The molecule has 0 aliphatic rings. The molecule has 0 spiro atoms. The van der Waals surface area contributed by atoms with Crippen LogP contribution in [0.4, 0.5) is 10.1 Å². The van der Waals surface area contributed by atoms with Crippen molar-refractivity contribution < 1.29 is 12.8 Å². The van der Waals surface area contributed by atoms with Crippen LogP contribution in [0, 0.1) is 5.82 Å². The number of benzene rings is 2. The summed E-state index contributed by atoms with van der Waals surface area (Å²) in [6.07, 6.45) is 0. The lowest BCUT2D eigenvalue weighted by Crippen LogP contribution is -2.06. The highest BCUT2D eigenvalue weighted by Crippen LogP contribution is 2.25. The van der Waals surface area contributed by atoms with Crippen molar-refractivity contribution in [2.75, 3.05) is 5.73 Å². The van der Waals surface area contributed by atoms with Crippen LogP contribution in [0.5, 0.6) is 0 Å². The maximum atomic E-state index is 13.3. The smallest absolute Gasteiger partial charge is 0.183 e. The van der Waals surface area contributed by atoms with Gasteiger partial charge in [0.05, 0.1) is 21.4 Å². The third kappa shape index (κ3) is 3.05. The van der Waals surface area contributed by atoms with Gasteiger partial charge in [0.25, 0.3) is 0 Å². The van der Waals surface area contributed by atoms with Gasteiger partial charge in [0.2, 0.25) is 0 Å². The quantitative estimate of drug-likeness (QED) is 0.886. The minimum Gasteiger partial charge on any atom is -0.396 e. The van der Waals surface area contributed by atoms with Crippen LogP contribution in [0.3, 0.4) is 0 Å². The second-order valence-electron chi connectivity index (χ2n) is 4.05. The second kappa shape index (κ2) is 5.19. The first kappa shape index (κ1) is 13.8. The summed E-state index contributed by atoms with van der Waals surface area (Å²) in [7, 11) is -3.61. The van der Waals surface area contributed by atoms with E-state index in [9.17, 15) is 12.8 Å². The molecule has 0 aromatic heterocycles. The number of halogens is 2. The summed E-state index contributed by atoms with van der Waals surface area (Å²) in [6, 6.07) is 10.1. The van der Waals surface area contributed by atoms with Gasteiger partial charge in [0.15, 0.2) is 9.84 Å². The highest BCUT2D eigenvalue weighted by molar-refractivity contribution is 7.90. The van der Waals surface area contributed by atoms with Crippen LogP contribution < -0.4 is 5.73 Å². The highest BCUT2D eigenvalue weighted by Gasteiger charge is 2.18. The fraction of sp³-hybridized carbons (Fsp3) is 0.0769. The van der Waals surface area contributed by atoms with E-state index in [1.54, 1.807) is 12.1 Å². The molecule has 2 aromatic rings. The minimum absolute atomic E-state index is 0.0149. The van der Waals surface area contributed by atoms with Gasteiger partial charge in [-0.2, -0.15) is 0 Å². The van der Waals surface area contributed by atoms with E-state index in [4.69, 9.17) is 17.3 Å². The van der Waals surface area contributed by atoms with Gasteiger partial charge in [-0.1, -0.05) is 29.8 Å². The van der Waals surface area contributed by atoms with Crippen LogP contribution in [0.15, 0.2) is 47.4 Å². The third-order valence-corrected chi connectivity index (χ3v) is 4.77. The molecular formula is C13H11ClFNO2S. The summed E-state index contributed by atoms with van der Waals surface area (Å²) in [5, 5.41) is 0.151. The summed E-state index contributed by atoms with van der Waals surface area (Å²) >= 11 is 5.86. The Hall–Kier alpha value is -1.59. The van der Waals surface area contributed by atoms with Crippen LogP contribution in [-0.4, -0.2) is 8.42 Å². The number of rotatable bonds is 3. The van der Waals surface area contributed by atoms with Gasteiger partial charge in [-0.05, 0) is 29.8 Å². The summed E-state index contributed by atoms with van der Waals surface area (Å²) in [5.74, 6) is -0.958. The highest BCUT2D eigenvalue weighted by atomic mass is 35.5. The molecule has 0 fully saturated rings. The van der Waals surface area contributed by atoms with Crippen molar-refractivity contribution in [1.29, 1.82) is 0 Å². The topological polar surface area (TPSA) is 60.2 Å². The lowest BCUT2D eigenvalue weighted by Gasteiger charge is -2.07. The summed E-state index contributed by atoms with van der Waals surface area (Å²) in [4.78, 5) is 0.0360. The molecule has 0 saturated carbocycles. The summed E-state index contributed by atoms with van der Waals surface area (Å²) < 4.78 is 37.7. The Bertz CT molecular complexity index is 716. The second-order valence-corrected chi connectivity index (χ2v) is 6.41. The standard InChI is InChI=1S/C13H11ClFNO2S/c14-10-3-1-2-4-13(10)19(17,18)8-9-5-6-12(16)11(15)7-9/h1-7H,8,16H2. The first-order chi connectivity index (χ1) is 8.90. The van der Waals surface area contributed by atoms with E-state index >= 15 is 0 Å². The molecular weight excluding hydrogens is 289 g/mol. The fourth-order valence-electron chi connectivity index (χ4n) is 1.65. The Kier molecular flexibility index (Phi) is 3.78. The number of sulfone groups is 1. The van der Waals surface area contributed by atoms with Gasteiger partial charge in [0, 0.05) is 0 Å². The number of hydrogen-bond acceptors (Lipinski definition) is 3. The van der Waals surface area contributed by atoms with Gasteiger partial charge in [-0.3, -0.25) is 0 Å². The number of nitrogen functional groups attached to an aromatic ring is 1. The van der Waals surface area contributed by atoms with E-state index in [0.717, 1.165) is 6.07 Å². The van der Waals surface area contributed by atoms with Crippen molar-refractivity contribution in [3.63, 3.8) is 0 Å². The van der Waals surface area contributed by atoms with Crippen LogP contribution in [0.1, 0.15) is 5.56 Å². The first-order valence-corrected chi connectivity index (χ1v) is 7.44. The molecule has 0 amide bonds. The van der Waals surface area contributed by atoms with Gasteiger partial charge in [-0.15, -0.1) is 0 Å². The molecule has 0 radical (unpaired) electrons. The van der Waals surface area contributed by atoms with Crippen LogP contribution in [0.25, 0.3) is 0 Å². The predicted octanol–water partition coefficient (Wildman–Crippen LogP) is 3.04. The molecule has 2 aromatic carbocycles. The Morgan fingerprint density at radius 1 is 1.16 bits per heavy atom. The van der Waals surface area contributed by atoms with Crippen LogP contribution in [0.2, 0.25) is 5.02 Å². The van der Waals surface area contributed by atoms with Crippen molar-refractivity contribution in [2.24, 2.45) is 0 Å². The van der Waals surface area contributed by atoms with E-state index in [1.165, 1.54) is 24.3 Å². The maximum absolute atomic E-state index is 13.3. The number of hydrogen-bond donors (Lipinski definition) is 1. The van der Waals surface area contributed by atoms with E-state index < -0.39 is 15.7 Å². The fourth-order valence-corrected chi connectivity index (χ4v) is 3.57. The lowest BCUT2D eigenvalue weighted by atomic mass is 10.2. The monoisotopic (exact) mass is 299 g/mol. The average Bonchev–Trinajstić information content (AvgIpc) is 2.34. The molecule has 0 heterocycles. The first-order valence-electron chi connectivity index (χ1n) is 5.41. The van der Waals surface area contributed by atoms with Crippen molar-refractivity contribution in [2.45, 2.75) is 10.6 Å². The van der Waals surface area contributed by atoms with Crippen molar-refractivity contribution in [3.8, 4) is 0 Å². The molecule has 19 heavy (non-hydrogen) atoms. The zero-order chi connectivity index (χ0) is 14.0. The summed E-state index contributed by atoms with van der Waals surface area (Å²) in [6.45, 7) is 0. The zero-order valence-corrected chi connectivity index (χ0v) is 11.4. The van der Waals surface area contributed by atoms with Gasteiger partial charge < -0.3 is 5.73 Å². The Balaban J connectivity index is 2.37. The van der Waals surface area contributed by atoms with E-state index in [0.29, 0.717) is 5.56 Å². The lowest BCUT2D eigenvalue weighted by molar-refractivity contribution is 0.595. The molecule has 2 rings (SSSR count). The van der Waals surface area contributed by atoms with Crippen molar-refractivity contribution >= 4 is 27.1 Å². The van der Waals surface area contributed by atoms with E-state index in [1.807, 2.05) is 0 Å². The third-order valence-electron chi connectivity index (χ3n) is 2.59. The van der Waals surface area contributed by atoms with Gasteiger partial charge in [0.1, 0.15) is 5.82 Å². The van der Waals surface area contributed by atoms with Crippen molar-refractivity contribution in [1.82, 2.24) is 0 Å². The van der Waals surface area contributed by atoms with Gasteiger partial charge >= 0.3 is 0 Å². The molecule has 100 valence electrons. The van der Waals surface area contributed by atoms with Crippen LogP contribution in [-0.2, 0) is 15.6 Å². The molecule has 0 bridgehead atoms. The molecule has 6 heteroatoms. The molecule has 0 atom stereocenters. The van der Waals surface area contributed by atoms with Crippen LogP contribution >= 0.6 is 11.6 Å². The van der Waals surface area contributed by atoms with Gasteiger partial charge in [-0.25, -0.2) is 12.8 Å². The molecule has 0 aliphatic carbocycles. The Morgan fingerprint density at radius 3 is 2.47 bits per heavy atom. The SMILES string of the molecule is Nc1ccc(CS(=O)(=O)c2ccccc2Cl)cc1F. The largest absolute Gasteiger partial charge is 0.396 e. The normalized spacial score (nSPS) is 11.5. The van der Waals surface area contributed by atoms with E-state index in [-0.39, 0.29) is 21.4 Å². The van der Waals surface area contributed by atoms with E-state index in [2.05, 4.69) is 0 Å². The molecule has 0 unspecified atom stereocenters. The maximum Gasteiger partial charge on any atom is 0.183 e. The average molecular weight is 300 g/mol. The molecule has 2 N–H and O–H groups in total. The number of anilines is 1. The molecule has 3 nitrogen and oxygen atoms in total. The summed E-state index contributed by atoms with van der Waals surface area (Å²) in [5.41, 5.74) is 5.65.